The first-order valence-electron chi connectivity index (χ1n) is 6.68. The van der Waals surface area contributed by atoms with E-state index in [4.69, 9.17) is 5.11 Å². The Morgan fingerprint density at radius 3 is 2.33 bits per heavy atom. The first-order valence-corrected chi connectivity index (χ1v) is 6.68. The molecule has 0 unspecified atom stereocenters. The van der Waals surface area contributed by atoms with Gasteiger partial charge in [-0.25, -0.2) is 4.79 Å². The maximum Gasteiger partial charge on any atom is 0.331 e. The summed E-state index contributed by atoms with van der Waals surface area (Å²) in [5.74, 6) is -1.29. The van der Waals surface area contributed by atoms with Gasteiger partial charge in [-0.1, -0.05) is 51.7 Å². The molecule has 0 aliphatic heterocycles. The van der Waals surface area contributed by atoms with E-state index in [1.165, 1.54) is 38.2 Å². The van der Waals surface area contributed by atoms with Crippen LogP contribution in [0.1, 0.15) is 58.3 Å². The van der Waals surface area contributed by atoms with E-state index in [2.05, 4.69) is 13.5 Å². The van der Waals surface area contributed by atoms with Crippen molar-refractivity contribution < 1.29 is 14.7 Å². The van der Waals surface area contributed by atoms with Crippen molar-refractivity contribution in [2.24, 2.45) is 0 Å². The monoisotopic (exact) mass is 252 g/mol. The lowest BCUT2D eigenvalue weighted by molar-refractivity contribution is -0.133. The summed E-state index contributed by atoms with van der Waals surface area (Å²) in [6.07, 6.45) is 11.5. The second-order valence-electron chi connectivity index (χ2n) is 4.51. The van der Waals surface area contributed by atoms with Crippen molar-refractivity contribution in [2.45, 2.75) is 58.3 Å². The largest absolute Gasteiger partial charge is 0.478 e. The molecule has 0 radical (unpaired) electrons. The average Bonchev–Trinajstić information content (AvgIpc) is 2.32. The smallest absolute Gasteiger partial charge is 0.331 e. The quantitative estimate of drug-likeness (QED) is 0.448. The van der Waals surface area contributed by atoms with Crippen molar-refractivity contribution in [1.82, 2.24) is 0 Å². The number of allylic oxidation sites excluding steroid dienone is 2. The van der Waals surface area contributed by atoms with E-state index in [1.54, 1.807) is 0 Å². The van der Waals surface area contributed by atoms with Gasteiger partial charge in [0.1, 0.15) is 0 Å². The molecule has 0 aromatic heterocycles. The molecule has 0 atom stereocenters. The first-order chi connectivity index (χ1) is 8.57. The Labute approximate surface area is 110 Å². The van der Waals surface area contributed by atoms with Crippen molar-refractivity contribution in [3.05, 3.63) is 24.3 Å². The Morgan fingerprint density at radius 1 is 1.11 bits per heavy atom. The van der Waals surface area contributed by atoms with E-state index in [1.807, 2.05) is 6.08 Å². The lowest BCUT2D eigenvalue weighted by Crippen LogP contribution is -2.04. The molecular formula is C15H24O3. The number of carbonyl (C=O) groups is 2. The fourth-order valence-electron chi connectivity index (χ4n) is 1.60. The highest BCUT2D eigenvalue weighted by atomic mass is 16.4. The summed E-state index contributed by atoms with van der Waals surface area (Å²) in [6.45, 7) is 5.52. The van der Waals surface area contributed by atoms with Gasteiger partial charge < -0.3 is 5.11 Å². The first kappa shape index (κ1) is 16.6. The van der Waals surface area contributed by atoms with Gasteiger partial charge in [0.2, 0.25) is 0 Å². The van der Waals surface area contributed by atoms with Crippen LogP contribution in [0.2, 0.25) is 0 Å². The zero-order valence-electron chi connectivity index (χ0n) is 11.3. The van der Waals surface area contributed by atoms with Crippen molar-refractivity contribution in [3.8, 4) is 0 Å². The molecule has 0 spiro atoms. The van der Waals surface area contributed by atoms with E-state index < -0.39 is 5.97 Å². The number of unbranched alkanes of at least 4 members (excludes halogenated alkanes) is 6. The van der Waals surface area contributed by atoms with Crippen LogP contribution in [0, 0.1) is 0 Å². The summed E-state index contributed by atoms with van der Waals surface area (Å²) in [5.41, 5.74) is -0.0517. The topological polar surface area (TPSA) is 54.4 Å². The van der Waals surface area contributed by atoms with Gasteiger partial charge in [-0.05, 0) is 18.9 Å². The SMILES string of the molecule is C=C(CC(=O)C=CCCCCCCCC)C(=O)O. The maximum atomic E-state index is 11.3. The third-order valence-electron chi connectivity index (χ3n) is 2.72. The van der Waals surface area contributed by atoms with Gasteiger partial charge >= 0.3 is 5.97 Å². The van der Waals surface area contributed by atoms with Crippen LogP contribution in [0.15, 0.2) is 24.3 Å². The lowest BCUT2D eigenvalue weighted by atomic mass is 10.1. The van der Waals surface area contributed by atoms with Crippen LogP contribution in [0.25, 0.3) is 0 Å². The summed E-state index contributed by atoms with van der Waals surface area (Å²) in [5, 5.41) is 8.57. The molecule has 0 bridgehead atoms. The Hall–Kier alpha value is -1.38. The number of carbonyl (C=O) groups excluding carboxylic acids is 1. The molecule has 0 aliphatic rings. The predicted octanol–water partition coefficient (Wildman–Crippen LogP) is 3.89. The average molecular weight is 252 g/mol. The van der Waals surface area contributed by atoms with Crippen LogP contribution in [0.5, 0.6) is 0 Å². The van der Waals surface area contributed by atoms with Gasteiger partial charge in [0.15, 0.2) is 5.78 Å². The molecule has 1 N–H and O–H groups in total. The molecule has 0 saturated carbocycles. The van der Waals surface area contributed by atoms with E-state index in [0.29, 0.717) is 0 Å². The molecule has 0 saturated heterocycles. The fraction of sp³-hybridized carbons (Fsp3) is 0.600. The number of aliphatic carboxylic acids is 1. The van der Waals surface area contributed by atoms with Gasteiger partial charge in [0, 0.05) is 12.0 Å². The molecule has 0 aliphatic carbocycles. The summed E-state index contributed by atoms with van der Waals surface area (Å²) in [6, 6.07) is 0. The highest BCUT2D eigenvalue weighted by Crippen LogP contribution is 2.07. The van der Waals surface area contributed by atoms with E-state index in [0.717, 1.165) is 12.8 Å². The molecule has 3 heteroatoms. The molecule has 0 heterocycles. The van der Waals surface area contributed by atoms with Crippen LogP contribution in [0.4, 0.5) is 0 Å². The van der Waals surface area contributed by atoms with Crippen LogP contribution in [0.3, 0.4) is 0 Å². The van der Waals surface area contributed by atoms with Crippen LogP contribution in [-0.4, -0.2) is 16.9 Å². The zero-order chi connectivity index (χ0) is 13.8. The number of carboxylic acids is 1. The second kappa shape index (κ2) is 10.8. The van der Waals surface area contributed by atoms with Crippen molar-refractivity contribution in [2.75, 3.05) is 0 Å². The molecule has 0 fully saturated rings. The summed E-state index contributed by atoms with van der Waals surface area (Å²) < 4.78 is 0. The van der Waals surface area contributed by atoms with Gasteiger partial charge in [-0.2, -0.15) is 0 Å². The van der Waals surface area contributed by atoms with Crippen LogP contribution < -0.4 is 0 Å². The Morgan fingerprint density at radius 2 is 1.72 bits per heavy atom. The maximum absolute atomic E-state index is 11.3. The molecular weight excluding hydrogens is 228 g/mol. The summed E-state index contributed by atoms with van der Waals surface area (Å²) >= 11 is 0. The van der Waals surface area contributed by atoms with Crippen molar-refractivity contribution >= 4 is 11.8 Å². The Bertz CT molecular complexity index is 303. The molecule has 18 heavy (non-hydrogen) atoms. The number of ketones is 1. The lowest BCUT2D eigenvalue weighted by Gasteiger charge is -1.98. The molecule has 3 nitrogen and oxygen atoms in total. The normalized spacial score (nSPS) is 10.7. The number of carboxylic acid groups (broad SMARTS) is 1. The fourth-order valence-corrected chi connectivity index (χ4v) is 1.60. The molecule has 0 amide bonds. The highest BCUT2D eigenvalue weighted by Gasteiger charge is 2.07. The van der Waals surface area contributed by atoms with Crippen LogP contribution >= 0.6 is 0 Å². The Kier molecular flexibility index (Phi) is 9.93. The van der Waals surface area contributed by atoms with E-state index in [9.17, 15) is 9.59 Å². The summed E-state index contributed by atoms with van der Waals surface area (Å²) in [4.78, 5) is 21.8. The van der Waals surface area contributed by atoms with Gasteiger partial charge in [0.05, 0.1) is 0 Å². The van der Waals surface area contributed by atoms with E-state index >= 15 is 0 Å². The minimum atomic E-state index is -1.10. The number of hydrogen-bond donors (Lipinski definition) is 1. The van der Waals surface area contributed by atoms with Crippen molar-refractivity contribution in [3.63, 3.8) is 0 Å². The number of hydrogen-bond acceptors (Lipinski definition) is 2. The third kappa shape index (κ3) is 9.82. The second-order valence-corrected chi connectivity index (χ2v) is 4.51. The van der Waals surface area contributed by atoms with Crippen molar-refractivity contribution in [1.29, 1.82) is 0 Å². The Balaban J connectivity index is 3.55. The minimum Gasteiger partial charge on any atom is -0.478 e. The minimum absolute atomic E-state index is 0.0517. The molecule has 0 aromatic rings. The molecule has 0 aromatic carbocycles. The predicted molar refractivity (Wildman–Crippen MR) is 73.5 cm³/mol. The number of rotatable bonds is 11. The standard InChI is InChI=1S/C15H24O3/c1-3-4-5-6-7-8-9-10-11-14(16)12-13(2)15(17)18/h10-11H,2-9,12H2,1H3,(H,17,18). The third-order valence-corrected chi connectivity index (χ3v) is 2.72. The van der Waals surface area contributed by atoms with Gasteiger partial charge in [-0.15, -0.1) is 0 Å². The van der Waals surface area contributed by atoms with E-state index in [-0.39, 0.29) is 17.8 Å². The summed E-state index contributed by atoms with van der Waals surface area (Å²) in [7, 11) is 0. The van der Waals surface area contributed by atoms with Gasteiger partial charge in [0.25, 0.3) is 0 Å². The zero-order valence-corrected chi connectivity index (χ0v) is 11.3. The molecule has 0 rings (SSSR count). The molecule has 102 valence electrons. The van der Waals surface area contributed by atoms with Crippen LogP contribution in [-0.2, 0) is 9.59 Å². The van der Waals surface area contributed by atoms with Gasteiger partial charge in [-0.3, -0.25) is 4.79 Å². The highest BCUT2D eigenvalue weighted by molar-refractivity contribution is 5.98.